The molecular weight excluding hydrogens is 218 g/mol. The zero-order valence-electron chi connectivity index (χ0n) is 10.6. The number of rotatable bonds is 4. The number of ether oxygens (including phenoxy) is 1. The highest BCUT2D eigenvalue weighted by atomic mass is 16.5. The molecule has 5 heteroatoms. The molecule has 17 heavy (non-hydrogen) atoms. The molecule has 0 bridgehead atoms. The van der Waals surface area contributed by atoms with Gasteiger partial charge in [0.1, 0.15) is 6.61 Å². The van der Waals surface area contributed by atoms with Crippen molar-refractivity contribution in [2.75, 3.05) is 0 Å². The van der Waals surface area contributed by atoms with Crippen molar-refractivity contribution in [2.45, 2.75) is 64.2 Å². The number of nitrogens with two attached hydrogens (primary N) is 1. The number of hydrogen-bond donors (Lipinski definition) is 1. The Balaban J connectivity index is 1.80. The zero-order valence-corrected chi connectivity index (χ0v) is 10.6. The Kier molecular flexibility index (Phi) is 4.12. The minimum Gasteiger partial charge on any atom is -0.368 e. The summed E-state index contributed by atoms with van der Waals surface area (Å²) in [6, 6.07) is 0.280. The van der Waals surface area contributed by atoms with Gasteiger partial charge >= 0.3 is 0 Å². The van der Waals surface area contributed by atoms with E-state index in [4.69, 9.17) is 15.0 Å². The van der Waals surface area contributed by atoms with Crippen LogP contribution in [-0.2, 0) is 11.3 Å². The van der Waals surface area contributed by atoms with Crippen LogP contribution in [0.1, 0.15) is 57.2 Å². The summed E-state index contributed by atoms with van der Waals surface area (Å²) in [5.74, 6) is 1.59. The van der Waals surface area contributed by atoms with Gasteiger partial charge in [0, 0.05) is 12.0 Å². The summed E-state index contributed by atoms with van der Waals surface area (Å²) < 4.78 is 10.9. The van der Waals surface area contributed by atoms with E-state index in [9.17, 15) is 0 Å². The normalized spacial score (nSPS) is 25.4. The largest absolute Gasteiger partial charge is 0.368 e. The Bertz CT molecular complexity index is 351. The molecule has 5 nitrogen and oxygen atoms in total. The third kappa shape index (κ3) is 3.51. The van der Waals surface area contributed by atoms with Crippen LogP contribution in [-0.4, -0.2) is 22.3 Å². The standard InChI is InChI=1S/C12H21N3O2/c1-8(2)12-14-11(17-15-12)7-16-10-5-3-4-9(13)6-10/h8-10H,3-7,13H2,1-2H3. The molecule has 0 aromatic carbocycles. The summed E-state index contributed by atoms with van der Waals surface area (Å²) in [7, 11) is 0. The second-order valence-electron chi connectivity index (χ2n) is 5.06. The molecule has 1 aliphatic rings. The summed E-state index contributed by atoms with van der Waals surface area (Å²) in [6.07, 6.45) is 4.52. The quantitative estimate of drug-likeness (QED) is 0.869. The third-order valence-electron chi connectivity index (χ3n) is 3.11. The average Bonchev–Trinajstić information content (AvgIpc) is 2.75. The summed E-state index contributed by atoms with van der Waals surface area (Å²) in [5.41, 5.74) is 5.91. The molecule has 1 aliphatic carbocycles. The van der Waals surface area contributed by atoms with Gasteiger partial charge in [-0.1, -0.05) is 19.0 Å². The molecule has 0 aliphatic heterocycles. The zero-order chi connectivity index (χ0) is 12.3. The molecule has 1 saturated carbocycles. The van der Waals surface area contributed by atoms with Gasteiger partial charge in [0.25, 0.3) is 5.89 Å². The second-order valence-corrected chi connectivity index (χ2v) is 5.06. The van der Waals surface area contributed by atoms with Crippen molar-refractivity contribution in [1.29, 1.82) is 0 Å². The molecule has 2 N–H and O–H groups in total. The van der Waals surface area contributed by atoms with Crippen LogP contribution < -0.4 is 5.73 Å². The molecule has 0 radical (unpaired) electrons. The van der Waals surface area contributed by atoms with Crippen molar-refractivity contribution in [3.8, 4) is 0 Å². The number of aromatic nitrogens is 2. The van der Waals surface area contributed by atoms with Gasteiger partial charge in [-0.25, -0.2) is 0 Å². The van der Waals surface area contributed by atoms with Crippen molar-refractivity contribution in [1.82, 2.24) is 10.1 Å². The summed E-state index contributed by atoms with van der Waals surface area (Å²) >= 11 is 0. The highest BCUT2D eigenvalue weighted by Gasteiger charge is 2.20. The molecular formula is C12H21N3O2. The van der Waals surface area contributed by atoms with E-state index in [1.165, 1.54) is 0 Å². The smallest absolute Gasteiger partial charge is 0.252 e. The van der Waals surface area contributed by atoms with Crippen LogP contribution in [0.25, 0.3) is 0 Å². The molecule has 0 amide bonds. The predicted octanol–water partition coefficient (Wildman–Crippen LogP) is 1.98. The maximum absolute atomic E-state index is 5.91. The fourth-order valence-corrected chi connectivity index (χ4v) is 2.08. The SMILES string of the molecule is CC(C)c1noc(COC2CCCC(N)C2)n1. The van der Waals surface area contributed by atoms with Crippen molar-refractivity contribution in [3.63, 3.8) is 0 Å². The first-order valence-corrected chi connectivity index (χ1v) is 6.35. The lowest BCUT2D eigenvalue weighted by atomic mass is 9.94. The third-order valence-corrected chi connectivity index (χ3v) is 3.11. The van der Waals surface area contributed by atoms with Crippen LogP contribution in [0, 0.1) is 0 Å². The van der Waals surface area contributed by atoms with Gasteiger partial charge in [0.15, 0.2) is 5.82 Å². The molecule has 1 aromatic rings. The predicted molar refractivity (Wildman–Crippen MR) is 63.4 cm³/mol. The molecule has 1 aromatic heterocycles. The van der Waals surface area contributed by atoms with Crippen LogP contribution in [0.3, 0.4) is 0 Å². The van der Waals surface area contributed by atoms with Crippen LogP contribution in [0.5, 0.6) is 0 Å². The Morgan fingerprint density at radius 2 is 2.29 bits per heavy atom. The van der Waals surface area contributed by atoms with Gasteiger partial charge in [0.2, 0.25) is 0 Å². The van der Waals surface area contributed by atoms with E-state index in [0.717, 1.165) is 31.5 Å². The number of nitrogens with zero attached hydrogens (tertiary/aromatic N) is 2. The van der Waals surface area contributed by atoms with Crippen LogP contribution in [0.2, 0.25) is 0 Å². The van der Waals surface area contributed by atoms with Crippen molar-refractivity contribution >= 4 is 0 Å². The Morgan fingerprint density at radius 3 is 2.94 bits per heavy atom. The Hall–Kier alpha value is -0.940. The molecule has 0 saturated heterocycles. The molecule has 1 heterocycles. The van der Waals surface area contributed by atoms with E-state index in [-0.39, 0.29) is 18.1 Å². The molecule has 1 fully saturated rings. The summed E-state index contributed by atoms with van der Waals surface area (Å²) in [6.45, 7) is 4.47. The average molecular weight is 239 g/mol. The fraction of sp³-hybridized carbons (Fsp3) is 0.833. The Morgan fingerprint density at radius 1 is 1.47 bits per heavy atom. The Labute approximate surface area is 102 Å². The van der Waals surface area contributed by atoms with E-state index in [2.05, 4.69) is 10.1 Å². The van der Waals surface area contributed by atoms with Crippen LogP contribution >= 0.6 is 0 Å². The first kappa shape index (κ1) is 12.5. The van der Waals surface area contributed by atoms with Gasteiger partial charge in [-0.3, -0.25) is 0 Å². The van der Waals surface area contributed by atoms with E-state index in [1.54, 1.807) is 0 Å². The van der Waals surface area contributed by atoms with E-state index >= 15 is 0 Å². The van der Waals surface area contributed by atoms with Crippen molar-refractivity contribution in [3.05, 3.63) is 11.7 Å². The molecule has 96 valence electrons. The van der Waals surface area contributed by atoms with E-state index in [0.29, 0.717) is 12.5 Å². The highest BCUT2D eigenvalue weighted by molar-refractivity contribution is 4.90. The topological polar surface area (TPSA) is 74.2 Å². The first-order valence-electron chi connectivity index (χ1n) is 6.35. The minimum atomic E-state index is 0.244. The summed E-state index contributed by atoms with van der Waals surface area (Å²) in [5, 5.41) is 3.90. The molecule has 2 rings (SSSR count). The number of hydrogen-bond acceptors (Lipinski definition) is 5. The second kappa shape index (κ2) is 5.60. The molecule has 2 unspecified atom stereocenters. The van der Waals surface area contributed by atoms with E-state index < -0.39 is 0 Å². The lowest BCUT2D eigenvalue weighted by Gasteiger charge is -2.26. The monoisotopic (exact) mass is 239 g/mol. The first-order chi connectivity index (χ1) is 8.15. The highest BCUT2D eigenvalue weighted by Crippen LogP contribution is 2.21. The van der Waals surface area contributed by atoms with Crippen molar-refractivity contribution in [2.24, 2.45) is 5.73 Å². The maximum atomic E-state index is 5.91. The van der Waals surface area contributed by atoms with Crippen molar-refractivity contribution < 1.29 is 9.26 Å². The van der Waals surface area contributed by atoms with Gasteiger partial charge in [-0.15, -0.1) is 0 Å². The van der Waals surface area contributed by atoms with Gasteiger partial charge in [-0.2, -0.15) is 4.98 Å². The minimum absolute atomic E-state index is 0.244. The fourth-order valence-electron chi connectivity index (χ4n) is 2.08. The summed E-state index contributed by atoms with van der Waals surface area (Å²) in [4.78, 5) is 4.28. The lowest BCUT2D eigenvalue weighted by Crippen LogP contribution is -2.32. The van der Waals surface area contributed by atoms with E-state index in [1.807, 2.05) is 13.8 Å². The molecule has 2 atom stereocenters. The molecule has 0 spiro atoms. The van der Waals surface area contributed by atoms with Gasteiger partial charge in [-0.05, 0) is 25.7 Å². The maximum Gasteiger partial charge on any atom is 0.252 e. The van der Waals surface area contributed by atoms with Gasteiger partial charge < -0.3 is 15.0 Å². The van der Waals surface area contributed by atoms with Crippen LogP contribution in [0.4, 0.5) is 0 Å². The van der Waals surface area contributed by atoms with Gasteiger partial charge in [0.05, 0.1) is 6.10 Å². The van der Waals surface area contributed by atoms with Crippen LogP contribution in [0.15, 0.2) is 4.52 Å². The lowest BCUT2D eigenvalue weighted by molar-refractivity contribution is 0.000497.